The van der Waals surface area contributed by atoms with Gasteiger partial charge in [0.05, 0.1) is 13.2 Å². The second-order valence-corrected chi connectivity index (χ2v) is 5.36. The fourth-order valence-corrected chi connectivity index (χ4v) is 2.79. The van der Waals surface area contributed by atoms with Gasteiger partial charge in [-0.3, -0.25) is 0 Å². The Morgan fingerprint density at radius 1 is 1.53 bits per heavy atom. The van der Waals surface area contributed by atoms with Crippen LogP contribution in [0.5, 0.6) is 5.75 Å². The molecule has 94 valence electrons. The van der Waals surface area contributed by atoms with Crippen LogP contribution in [0.4, 0.5) is 0 Å². The van der Waals surface area contributed by atoms with Gasteiger partial charge in [-0.1, -0.05) is 15.9 Å². The molecule has 0 saturated carbocycles. The average Bonchev–Trinajstić information content (AvgIpc) is 2.74. The van der Waals surface area contributed by atoms with E-state index in [1.165, 1.54) is 0 Å². The smallest absolute Gasteiger partial charge is 0.123 e. The van der Waals surface area contributed by atoms with Crippen LogP contribution in [-0.4, -0.2) is 19.8 Å². The topological polar surface area (TPSA) is 44.5 Å². The van der Waals surface area contributed by atoms with Crippen molar-refractivity contribution in [1.82, 2.24) is 0 Å². The third kappa shape index (κ3) is 2.64. The van der Waals surface area contributed by atoms with E-state index in [0.29, 0.717) is 5.92 Å². The molecule has 0 radical (unpaired) electrons. The monoisotopic (exact) mass is 299 g/mol. The molecule has 1 aliphatic heterocycles. The van der Waals surface area contributed by atoms with E-state index in [-0.39, 0.29) is 12.1 Å². The van der Waals surface area contributed by atoms with Crippen LogP contribution in [0.15, 0.2) is 22.7 Å². The van der Waals surface area contributed by atoms with Gasteiger partial charge in [-0.05, 0) is 31.5 Å². The van der Waals surface area contributed by atoms with Crippen LogP contribution >= 0.6 is 15.9 Å². The molecule has 0 spiro atoms. The highest BCUT2D eigenvalue weighted by atomic mass is 79.9. The first-order valence-electron chi connectivity index (χ1n) is 5.84. The van der Waals surface area contributed by atoms with E-state index in [1.54, 1.807) is 7.11 Å². The molecule has 1 aliphatic rings. The lowest BCUT2D eigenvalue weighted by atomic mass is 9.88. The molecule has 4 heteroatoms. The normalized spacial score (nSPS) is 25.9. The zero-order valence-electron chi connectivity index (χ0n) is 10.2. The Labute approximate surface area is 110 Å². The molecule has 1 heterocycles. The molecule has 0 amide bonds. The van der Waals surface area contributed by atoms with Crippen molar-refractivity contribution in [3.8, 4) is 5.75 Å². The van der Waals surface area contributed by atoms with Crippen molar-refractivity contribution in [3.05, 3.63) is 28.2 Å². The first-order valence-corrected chi connectivity index (χ1v) is 6.63. The molecule has 3 atom stereocenters. The van der Waals surface area contributed by atoms with E-state index < -0.39 is 0 Å². The minimum Gasteiger partial charge on any atom is -0.496 e. The summed E-state index contributed by atoms with van der Waals surface area (Å²) in [5.41, 5.74) is 7.40. The third-order valence-corrected chi connectivity index (χ3v) is 3.94. The van der Waals surface area contributed by atoms with Crippen molar-refractivity contribution in [1.29, 1.82) is 0 Å². The Bertz CT molecular complexity index is 397. The van der Waals surface area contributed by atoms with E-state index in [2.05, 4.69) is 22.9 Å². The quantitative estimate of drug-likeness (QED) is 0.933. The fraction of sp³-hybridized carbons (Fsp3) is 0.538. The molecule has 1 fully saturated rings. The summed E-state index contributed by atoms with van der Waals surface area (Å²) < 4.78 is 12.0. The van der Waals surface area contributed by atoms with Crippen molar-refractivity contribution in [2.24, 2.45) is 11.7 Å². The molecule has 1 saturated heterocycles. The predicted molar refractivity (Wildman–Crippen MR) is 71.1 cm³/mol. The minimum atomic E-state index is -0.0417. The van der Waals surface area contributed by atoms with Crippen LogP contribution in [0, 0.1) is 5.92 Å². The van der Waals surface area contributed by atoms with E-state index >= 15 is 0 Å². The lowest BCUT2D eigenvalue weighted by Gasteiger charge is -2.24. The Hall–Kier alpha value is -0.580. The molecule has 2 rings (SSSR count). The molecule has 3 unspecified atom stereocenters. The summed E-state index contributed by atoms with van der Waals surface area (Å²) in [5.74, 6) is 1.21. The molecule has 1 aromatic rings. The Morgan fingerprint density at radius 2 is 2.29 bits per heavy atom. The summed E-state index contributed by atoms with van der Waals surface area (Å²) >= 11 is 3.48. The SMILES string of the molecule is COc1ccc(Br)cc1C(N)C1CCOC1C. The zero-order valence-corrected chi connectivity index (χ0v) is 11.7. The predicted octanol–water partition coefficient (Wildman–Crippen LogP) is 2.88. The van der Waals surface area contributed by atoms with Crippen LogP contribution in [0.2, 0.25) is 0 Å². The van der Waals surface area contributed by atoms with Crippen molar-refractivity contribution in [3.63, 3.8) is 0 Å². The summed E-state index contributed by atoms with van der Waals surface area (Å²) in [6, 6.07) is 5.90. The highest BCUT2D eigenvalue weighted by Gasteiger charge is 2.32. The summed E-state index contributed by atoms with van der Waals surface area (Å²) in [6.45, 7) is 2.89. The van der Waals surface area contributed by atoms with E-state index in [9.17, 15) is 0 Å². The van der Waals surface area contributed by atoms with Crippen molar-refractivity contribution < 1.29 is 9.47 Å². The minimum absolute atomic E-state index is 0.0417. The first-order chi connectivity index (χ1) is 8.13. The number of rotatable bonds is 3. The molecule has 0 bridgehead atoms. The van der Waals surface area contributed by atoms with Gasteiger partial charge in [0.15, 0.2) is 0 Å². The maximum absolute atomic E-state index is 6.36. The van der Waals surface area contributed by atoms with Crippen molar-refractivity contribution in [2.75, 3.05) is 13.7 Å². The van der Waals surface area contributed by atoms with Crippen molar-refractivity contribution in [2.45, 2.75) is 25.5 Å². The molecule has 0 aromatic heterocycles. The number of hydrogen-bond acceptors (Lipinski definition) is 3. The number of nitrogens with two attached hydrogens (primary N) is 1. The second-order valence-electron chi connectivity index (χ2n) is 4.44. The van der Waals surface area contributed by atoms with Crippen LogP contribution < -0.4 is 10.5 Å². The van der Waals surface area contributed by atoms with Gasteiger partial charge in [-0.2, -0.15) is 0 Å². The van der Waals surface area contributed by atoms with Crippen LogP contribution in [-0.2, 0) is 4.74 Å². The fourth-order valence-electron chi connectivity index (χ4n) is 2.42. The first kappa shape index (κ1) is 12.9. The maximum atomic E-state index is 6.36. The summed E-state index contributed by atoms with van der Waals surface area (Å²) in [6.07, 6.45) is 1.23. The summed E-state index contributed by atoms with van der Waals surface area (Å²) in [4.78, 5) is 0. The number of hydrogen-bond donors (Lipinski definition) is 1. The Kier molecular flexibility index (Phi) is 4.07. The molecule has 17 heavy (non-hydrogen) atoms. The lowest BCUT2D eigenvalue weighted by Crippen LogP contribution is -2.26. The van der Waals surface area contributed by atoms with Crippen LogP contribution in [0.25, 0.3) is 0 Å². The van der Waals surface area contributed by atoms with Crippen LogP contribution in [0.3, 0.4) is 0 Å². The van der Waals surface area contributed by atoms with Crippen molar-refractivity contribution >= 4 is 15.9 Å². The standard InChI is InChI=1S/C13H18BrNO2/c1-8-10(5-6-17-8)13(15)11-7-9(14)3-4-12(11)16-2/h3-4,7-8,10,13H,5-6,15H2,1-2H3. The molecular weight excluding hydrogens is 282 g/mol. The number of halogens is 1. The lowest BCUT2D eigenvalue weighted by molar-refractivity contribution is 0.0992. The van der Waals surface area contributed by atoms with Gasteiger partial charge in [0.2, 0.25) is 0 Å². The van der Waals surface area contributed by atoms with Gasteiger partial charge in [0.25, 0.3) is 0 Å². The summed E-state index contributed by atoms with van der Waals surface area (Å²) in [7, 11) is 1.67. The number of ether oxygens (including phenoxy) is 2. The Morgan fingerprint density at radius 3 is 2.88 bits per heavy atom. The second kappa shape index (κ2) is 5.38. The van der Waals surface area contributed by atoms with E-state index in [4.69, 9.17) is 15.2 Å². The number of benzene rings is 1. The van der Waals surface area contributed by atoms with Crippen LogP contribution in [0.1, 0.15) is 24.9 Å². The molecule has 2 N–H and O–H groups in total. The summed E-state index contributed by atoms with van der Waals surface area (Å²) in [5, 5.41) is 0. The maximum Gasteiger partial charge on any atom is 0.123 e. The largest absolute Gasteiger partial charge is 0.496 e. The average molecular weight is 300 g/mol. The highest BCUT2D eigenvalue weighted by Crippen LogP contribution is 2.36. The Balaban J connectivity index is 2.28. The van der Waals surface area contributed by atoms with E-state index in [1.807, 2.05) is 18.2 Å². The van der Waals surface area contributed by atoms with Gasteiger partial charge in [-0.25, -0.2) is 0 Å². The van der Waals surface area contributed by atoms with Gasteiger partial charge < -0.3 is 15.2 Å². The van der Waals surface area contributed by atoms with Gasteiger partial charge in [-0.15, -0.1) is 0 Å². The van der Waals surface area contributed by atoms with Gasteiger partial charge >= 0.3 is 0 Å². The number of methoxy groups -OCH3 is 1. The van der Waals surface area contributed by atoms with Gasteiger partial charge in [0, 0.05) is 28.6 Å². The highest BCUT2D eigenvalue weighted by molar-refractivity contribution is 9.10. The molecule has 1 aromatic carbocycles. The van der Waals surface area contributed by atoms with E-state index in [0.717, 1.165) is 28.8 Å². The third-order valence-electron chi connectivity index (χ3n) is 3.45. The molecular formula is C13H18BrNO2. The molecule has 0 aliphatic carbocycles. The van der Waals surface area contributed by atoms with Gasteiger partial charge in [0.1, 0.15) is 5.75 Å². The zero-order chi connectivity index (χ0) is 12.4. The molecule has 3 nitrogen and oxygen atoms in total.